The van der Waals surface area contributed by atoms with Crippen LogP contribution in [0.25, 0.3) is 11.0 Å². The van der Waals surface area contributed by atoms with Crippen LogP contribution in [0.1, 0.15) is 0 Å². The lowest BCUT2D eigenvalue weighted by molar-refractivity contribution is 0.332. The number of nitrogens with zero attached hydrogens (tertiary/aromatic N) is 3. The van der Waals surface area contributed by atoms with Crippen molar-refractivity contribution in [2.75, 3.05) is 18.5 Å². The number of hydrogen-bond donors (Lipinski definition) is 2. The molecule has 0 fully saturated rings. The average Bonchev–Trinajstić information content (AvgIpc) is 2.93. The van der Waals surface area contributed by atoms with Crippen LogP contribution >= 0.6 is 15.9 Å². The van der Waals surface area contributed by atoms with Gasteiger partial charge in [-0.15, -0.1) is 0 Å². The van der Waals surface area contributed by atoms with Crippen LogP contribution in [-0.2, 0) is 0 Å². The minimum Gasteiger partial charge on any atom is -0.492 e. The molecular weight excluding hydrogens is 322 g/mol. The van der Waals surface area contributed by atoms with Gasteiger partial charge in [-0.3, -0.25) is 5.10 Å². The maximum atomic E-state index is 5.64. The van der Waals surface area contributed by atoms with Crippen LogP contribution in [0.5, 0.6) is 5.75 Å². The first-order chi connectivity index (χ1) is 9.83. The number of hydrogen-bond acceptors (Lipinski definition) is 5. The second-order valence-corrected chi connectivity index (χ2v) is 5.00. The molecule has 2 aromatic heterocycles. The third-order valence-corrected chi connectivity index (χ3v) is 3.20. The summed E-state index contributed by atoms with van der Waals surface area (Å²) in [4.78, 5) is 8.27. The van der Waals surface area contributed by atoms with Crippen molar-refractivity contribution in [2.45, 2.75) is 0 Å². The molecule has 2 heterocycles. The fourth-order valence-corrected chi connectivity index (χ4v) is 2.18. The number of benzene rings is 1. The molecule has 0 amide bonds. The number of anilines is 1. The summed E-state index contributed by atoms with van der Waals surface area (Å²) in [6, 6.07) is 7.75. The lowest BCUT2D eigenvalue weighted by Crippen LogP contribution is -2.12. The summed E-state index contributed by atoms with van der Waals surface area (Å²) in [5, 5.41) is 10.8. The number of H-pyrrole nitrogens is 1. The summed E-state index contributed by atoms with van der Waals surface area (Å²) >= 11 is 3.41. The van der Waals surface area contributed by atoms with Gasteiger partial charge in [-0.1, -0.05) is 22.0 Å². The molecule has 1 aromatic carbocycles. The molecule has 0 radical (unpaired) electrons. The summed E-state index contributed by atoms with van der Waals surface area (Å²) < 4.78 is 6.64. The largest absolute Gasteiger partial charge is 0.492 e. The van der Waals surface area contributed by atoms with Crippen LogP contribution in [0.2, 0.25) is 0 Å². The van der Waals surface area contributed by atoms with Gasteiger partial charge in [0.05, 0.1) is 18.1 Å². The van der Waals surface area contributed by atoms with Gasteiger partial charge in [0.25, 0.3) is 0 Å². The highest BCUT2D eigenvalue weighted by Gasteiger charge is 2.04. The zero-order valence-electron chi connectivity index (χ0n) is 10.5. The molecule has 0 saturated heterocycles. The summed E-state index contributed by atoms with van der Waals surface area (Å²) in [7, 11) is 0. The fraction of sp³-hybridized carbons (Fsp3) is 0.154. The van der Waals surface area contributed by atoms with Gasteiger partial charge in [0, 0.05) is 4.47 Å². The molecule has 0 bridgehead atoms. The van der Waals surface area contributed by atoms with Gasteiger partial charge in [-0.25, -0.2) is 9.97 Å². The third kappa shape index (κ3) is 2.88. The standard InChI is InChI=1S/C13H12BrN5O/c14-9-2-1-3-10(6-9)20-5-4-15-12-11-7-18-19-13(11)17-8-16-12/h1-3,6-8H,4-5H2,(H2,15,16,17,18,19). The van der Waals surface area contributed by atoms with E-state index < -0.39 is 0 Å². The molecule has 6 nitrogen and oxygen atoms in total. The Kier molecular flexibility index (Phi) is 3.78. The third-order valence-electron chi connectivity index (χ3n) is 2.71. The van der Waals surface area contributed by atoms with E-state index in [9.17, 15) is 0 Å². The summed E-state index contributed by atoms with van der Waals surface area (Å²) in [6.07, 6.45) is 3.20. The Morgan fingerprint density at radius 1 is 1.30 bits per heavy atom. The van der Waals surface area contributed by atoms with Crippen molar-refractivity contribution in [1.82, 2.24) is 20.2 Å². The molecule has 0 saturated carbocycles. The fourth-order valence-electron chi connectivity index (χ4n) is 1.80. The molecule has 0 aliphatic carbocycles. The lowest BCUT2D eigenvalue weighted by atomic mass is 10.3. The van der Waals surface area contributed by atoms with Gasteiger partial charge in [0.2, 0.25) is 0 Å². The molecule has 0 aliphatic rings. The SMILES string of the molecule is Brc1cccc(OCCNc2ncnc3[nH]ncc23)c1. The van der Waals surface area contributed by atoms with Crippen molar-refractivity contribution < 1.29 is 4.74 Å². The Morgan fingerprint density at radius 3 is 3.15 bits per heavy atom. The minimum atomic E-state index is 0.541. The van der Waals surface area contributed by atoms with E-state index in [1.807, 2.05) is 24.3 Å². The van der Waals surface area contributed by atoms with Gasteiger partial charge in [-0.2, -0.15) is 5.10 Å². The Labute approximate surface area is 123 Å². The quantitative estimate of drug-likeness (QED) is 0.702. The van der Waals surface area contributed by atoms with E-state index in [0.717, 1.165) is 27.1 Å². The number of aromatic amines is 1. The first-order valence-electron chi connectivity index (χ1n) is 6.09. The number of aromatic nitrogens is 4. The minimum absolute atomic E-state index is 0.541. The zero-order chi connectivity index (χ0) is 13.8. The summed E-state index contributed by atoms with van der Waals surface area (Å²) in [6.45, 7) is 1.18. The van der Waals surface area contributed by atoms with E-state index >= 15 is 0 Å². The normalized spacial score (nSPS) is 10.7. The van der Waals surface area contributed by atoms with E-state index in [1.54, 1.807) is 6.20 Å². The molecule has 0 unspecified atom stereocenters. The maximum Gasteiger partial charge on any atom is 0.160 e. The molecule has 7 heteroatoms. The highest BCUT2D eigenvalue weighted by atomic mass is 79.9. The lowest BCUT2D eigenvalue weighted by Gasteiger charge is -2.08. The highest BCUT2D eigenvalue weighted by molar-refractivity contribution is 9.10. The molecule has 0 spiro atoms. The summed E-state index contributed by atoms with van der Waals surface area (Å²) in [5.74, 6) is 1.58. The molecule has 0 aliphatic heterocycles. The number of halogens is 1. The molecule has 102 valence electrons. The Hall–Kier alpha value is -2.15. The van der Waals surface area contributed by atoms with E-state index in [4.69, 9.17) is 4.74 Å². The predicted octanol–water partition coefficient (Wildman–Crippen LogP) is 2.61. The molecule has 20 heavy (non-hydrogen) atoms. The van der Waals surface area contributed by atoms with Crippen molar-refractivity contribution in [1.29, 1.82) is 0 Å². The molecular formula is C13H12BrN5O. The van der Waals surface area contributed by atoms with Gasteiger partial charge in [-0.05, 0) is 18.2 Å². The van der Waals surface area contributed by atoms with Gasteiger partial charge >= 0.3 is 0 Å². The monoisotopic (exact) mass is 333 g/mol. The van der Waals surface area contributed by atoms with Gasteiger partial charge < -0.3 is 10.1 Å². The summed E-state index contributed by atoms with van der Waals surface area (Å²) in [5.41, 5.74) is 0.718. The first kappa shape index (κ1) is 12.9. The van der Waals surface area contributed by atoms with Crippen molar-refractivity contribution in [3.63, 3.8) is 0 Å². The van der Waals surface area contributed by atoms with E-state index in [0.29, 0.717) is 13.2 Å². The molecule has 2 N–H and O–H groups in total. The first-order valence-corrected chi connectivity index (χ1v) is 6.88. The Bertz CT molecular complexity index is 715. The predicted molar refractivity (Wildman–Crippen MR) is 79.8 cm³/mol. The van der Waals surface area contributed by atoms with Crippen LogP contribution in [0, 0.1) is 0 Å². The number of nitrogens with one attached hydrogen (secondary N) is 2. The van der Waals surface area contributed by atoms with Gasteiger partial charge in [0.1, 0.15) is 24.5 Å². The van der Waals surface area contributed by atoms with Crippen LogP contribution in [-0.4, -0.2) is 33.3 Å². The molecule has 3 rings (SSSR count). The van der Waals surface area contributed by atoms with E-state index in [-0.39, 0.29) is 0 Å². The van der Waals surface area contributed by atoms with Crippen molar-refractivity contribution in [3.05, 3.63) is 41.3 Å². The number of ether oxygens (including phenoxy) is 1. The van der Waals surface area contributed by atoms with Crippen molar-refractivity contribution >= 4 is 32.8 Å². The van der Waals surface area contributed by atoms with Crippen LogP contribution in [0.4, 0.5) is 5.82 Å². The second kappa shape index (κ2) is 5.87. The van der Waals surface area contributed by atoms with E-state index in [2.05, 4.69) is 41.4 Å². The number of fused-ring (bicyclic) bond motifs is 1. The zero-order valence-corrected chi connectivity index (χ0v) is 12.1. The molecule has 0 atom stereocenters. The van der Waals surface area contributed by atoms with Crippen LogP contribution in [0.15, 0.2) is 41.3 Å². The van der Waals surface area contributed by atoms with Crippen molar-refractivity contribution in [2.24, 2.45) is 0 Å². The topological polar surface area (TPSA) is 75.7 Å². The second-order valence-electron chi connectivity index (χ2n) is 4.09. The molecule has 3 aromatic rings. The van der Waals surface area contributed by atoms with Crippen molar-refractivity contribution in [3.8, 4) is 5.75 Å². The van der Waals surface area contributed by atoms with Gasteiger partial charge in [0.15, 0.2) is 5.65 Å². The maximum absolute atomic E-state index is 5.64. The Morgan fingerprint density at radius 2 is 2.25 bits per heavy atom. The Balaban J connectivity index is 1.56. The highest BCUT2D eigenvalue weighted by Crippen LogP contribution is 2.18. The van der Waals surface area contributed by atoms with Crippen LogP contribution in [0.3, 0.4) is 0 Å². The van der Waals surface area contributed by atoms with E-state index in [1.165, 1.54) is 6.33 Å². The average molecular weight is 334 g/mol. The smallest absolute Gasteiger partial charge is 0.160 e. The number of rotatable bonds is 5. The van der Waals surface area contributed by atoms with Crippen LogP contribution < -0.4 is 10.1 Å².